The van der Waals surface area contributed by atoms with E-state index in [4.69, 9.17) is 4.74 Å². The summed E-state index contributed by atoms with van der Waals surface area (Å²) in [6.45, 7) is 1.85. The summed E-state index contributed by atoms with van der Waals surface area (Å²) < 4.78 is 76.4. The topological polar surface area (TPSA) is 134 Å². The fourth-order valence-electron chi connectivity index (χ4n) is 4.58. The quantitative estimate of drug-likeness (QED) is 0.242. The first-order valence-electron chi connectivity index (χ1n) is 12.9. The number of rotatable bonds is 7. The minimum atomic E-state index is -4.12. The number of hydrogen-bond acceptors (Lipinski definition) is 8. The van der Waals surface area contributed by atoms with Crippen LogP contribution in [0.3, 0.4) is 0 Å². The number of hydrogen-bond donors (Lipinski definition) is 0. The lowest BCUT2D eigenvalue weighted by Gasteiger charge is -2.15. The van der Waals surface area contributed by atoms with E-state index < -0.39 is 35.1 Å². The molecule has 0 aliphatic carbocycles. The second-order valence-electron chi connectivity index (χ2n) is 10.4. The molecule has 224 valence electrons. The highest BCUT2D eigenvalue weighted by Gasteiger charge is 2.24. The Hall–Kier alpha value is -4.20. The van der Waals surface area contributed by atoms with Gasteiger partial charge in [0, 0.05) is 64.5 Å². The van der Waals surface area contributed by atoms with Gasteiger partial charge in [-0.25, -0.2) is 25.0 Å². The summed E-state index contributed by atoms with van der Waals surface area (Å²) in [6, 6.07) is 18.7. The predicted molar refractivity (Wildman–Crippen MR) is 168 cm³/mol. The van der Waals surface area contributed by atoms with Crippen LogP contribution in [0.1, 0.15) is 5.56 Å². The third-order valence-corrected chi connectivity index (χ3v) is 10.1. The zero-order valence-corrected chi connectivity index (χ0v) is 26.5. The van der Waals surface area contributed by atoms with Gasteiger partial charge < -0.3 is 9.30 Å². The molecule has 2 aromatic heterocycles. The summed E-state index contributed by atoms with van der Waals surface area (Å²) in [4.78, 5) is 13.6. The van der Waals surface area contributed by atoms with Crippen LogP contribution in [0.25, 0.3) is 22.0 Å². The van der Waals surface area contributed by atoms with Crippen molar-refractivity contribution >= 4 is 46.2 Å². The fourth-order valence-corrected chi connectivity index (χ4v) is 7.18. The van der Waals surface area contributed by atoms with Crippen molar-refractivity contribution in [2.24, 2.45) is 11.4 Å². The van der Waals surface area contributed by atoms with Crippen molar-refractivity contribution in [3.8, 4) is 22.6 Å². The summed E-state index contributed by atoms with van der Waals surface area (Å²) in [7, 11) is -8.54. The molecular formula is C30H29N3O7S3. The summed E-state index contributed by atoms with van der Waals surface area (Å²) in [5.74, 6) is 0.660. The summed E-state index contributed by atoms with van der Waals surface area (Å²) in [5.41, 5.74) is 1.61. The zero-order chi connectivity index (χ0) is 31.3. The molecular weight excluding hydrogens is 611 g/mol. The SMILES string of the molecule is Cc1ccc(S(=O)(=O)n2ccc3c(-c4cc(N=S(C)(C)=O)ccc4Oc4ccc(S(C)(=O)=O)cc4)cn(C)c(=O)c32)cc1. The number of ether oxygens (including phenoxy) is 1. The minimum Gasteiger partial charge on any atom is -0.457 e. The number of aromatic nitrogens is 2. The Bertz CT molecular complexity index is 2290. The first-order chi connectivity index (χ1) is 20.0. The van der Waals surface area contributed by atoms with Gasteiger partial charge in [-0.15, -0.1) is 0 Å². The number of nitrogens with zero attached hydrogens (tertiary/aromatic N) is 3. The molecule has 0 saturated heterocycles. The molecule has 0 unspecified atom stereocenters. The fraction of sp³-hybridized carbons (Fsp3) is 0.167. The summed E-state index contributed by atoms with van der Waals surface area (Å²) in [5, 5.41) is 0.349. The van der Waals surface area contributed by atoms with Crippen LogP contribution >= 0.6 is 0 Å². The third kappa shape index (κ3) is 6.14. The van der Waals surface area contributed by atoms with Crippen LogP contribution in [0, 0.1) is 6.92 Å². The number of aryl methyl sites for hydroxylation is 2. The van der Waals surface area contributed by atoms with Gasteiger partial charge in [-0.05, 0) is 67.6 Å². The van der Waals surface area contributed by atoms with E-state index in [1.165, 1.54) is 66.7 Å². The van der Waals surface area contributed by atoms with E-state index in [0.717, 1.165) is 15.8 Å². The van der Waals surface area contributed by atoms with Crippen molar-refractivity contribution in [2.45, 2.75) is 16.7 Å². The number of pyridine rings is 1. The maximum Gasteiger partial charge on any atom is 0.275 e. The van der Waals surface area contributed by atoms with E-state index in [9.17, 15) is 25.8 Å². The highest BCUT2D eigenvalue weighted by molar-refractivity contribution is 7.92. The Kier molecular flexibility index (Phi) is 7.61. The molecule has 43 heavy (non-hydrogen) atoms. The molecule has 0 radical (unpaired) electrons. The van der Waals surface area contributed by atoms with E-state index in [2.05, 4.69) is 4.36 Å². The minimum absolute atomic E-state index is 0.0334. The van der Waals surface area contributed by atoms with Crippen LogP contribution in [0.15, 0.2) is 104 Å². The molecule has 13 heteroatoms. The largest absolute Gasteiger partial charge is 0.457 e. The molecule has 0 aliphatic heterocycles. The standard InChI is InChI=1S/C30H29N3O7S3/c1-20-6-11-24(12-7-20)43(38,39)33-17-16-25-27(19-32(2)30(34)29(25)33)26-18-21(31-41(3,4)35)8-15-28(26)40-22-9-13-23(14-10-22)42(5,36)37/h6-19H,1-5H3. The van der Waals surface area contributed by atoms with Crippen molar-refractivity contribution in [1.82, 2.24) is 8.54 Å². The van der Waals surface area contributed by atoms with Crippen LogP contribution in [-0.2, 0) is 36.6 Å². The molecule has 0 aliphatic rings. The zero-order valence-electron chi connectivity index (χ0n) is 24.0. The van der Waals surface area contributed by atoms with Crippen LogP contribution in [0.4, 0.5) is 5.69 Å². The van der Waals surface area contributed by atoms with Crippen molar-refractivity contribution in [3.05, 3.63) is 101 Å². The summed E-state index contributed by atoms with van der Waals surface area (Å²) in [6.07, 6.45) is 7.02. The third-order valence-electron chi connectivity index (χ3n) is 6.62. The van der Waals surface area contributed by atoms with Gasteiger partial charge in [0.1, 0.15) is 17.0 Å². The number of benzene rings is 3. The van der Waals surface area contributed by atoms with E-state index in [1.54, 1.807) is 42.6 Å². The lowest BCUT2D eigenvalue weighted by molar-refractivity contribution is 0.484. The van der Waals surface area contributed by atoms with Gasteiger partial charge in [0.2, 0.25) is 0 Å². The van der Waals surface area contributed by atoms with Crippen molar-refractivity contribution in [3.63, 3.8) is 0 Å². The predicted octanol–water partition coefficient (Wildman–Crippen LogP) is 5.11. The Morgan fingerprint density at radius 2 is 1.40 bits per heavy atom. The normalized spacial score (nSPS) is 12.4. The number of fused-ring (bicyclic) bond motifs is 1. The lowest BCUT2D eigenvalue weighted by Crippen LogP contribution is -2.22. The average Bonchev–Trinajstić information content (AvgIpc) is 3.37. The van der Waals surface area contributed by atoms with E-state index in [0.29, 0.717) is 33.7 Å². The monoisotopic (exact) mass is 639 g/mol. The maximum atomic E-state index is 13.6. The van der Waals surface area contributed by atoms with Crippen LogP contribution in [-0.4, -0.2) is 48.4 Å². The van der Waals surface area contributed by atoms with Gasteiger partial charge in [-0.2, -0.15) is 4.36 Å². The van der Waals surface area contributed by atoms with Gasteiger partial charge in [0.25, 0.3) is 15.6 Å². The molecule has 5 rings (SSSR count). The smallest absolute Gasteiger partial charge is 0.275 e. The number of sulfone groups is 1. The molecule has 0 saturated carbocycles. The second kappa shape index (κ2) is 10.8. The molecule has 0 spiro atoms. The van der Waals surface area contributed by atoms with Gasteiger partial charge in [-0.3, -0.25) is 4.79 Å². The first-order valence-corrected chi connectivity index (χ1v) is 18.5. The highest BCUT2D eigenvalue weighted by Crippen LogP contribution is 2.40. The maximum absolute atomic E-state index is 13.6. The van der Waals surface area contributed by atoms with Gasteiger partial charge in [0.05, 0.1) is 15.5 Å². The first kappa shape index (κ1) is 30.3. The molecule has 5 aromatic rings. The van der Waals surface area contributed by atoms with Crippen LogP contribution in [0.2, 0.25) is 0 Å². The Balaban J connectivity index is 1.74. The second-order valence-corrected chi connectivity index (χ2v) is 16.8. The molecule has 0 N–H and O–H groups in total. The van der Waals surface area contributed by atoms with Crippen molar-refractivity contribution in [2.75, 3.05) is 18.8 Å². The molecule has 3 aromatic carbocycles. The van der Waals surface area contributed by atoms with E-state index in [1.807, 2.05) is 6.92 Å². The van der Waals surface area contributed by atoms with Gasteiger partial charge >= 0.3 is 0 Å². The summed E-state index contributed by atoms with van der Waals surface area (Å²) >= 11 is 0. The molecule has 0 amide bonds. The van der Waals surface area contributed by atoms with Gasteiger partial charge in [-0.1, -0.05) is 17.7 Å². The van der Waals surface area contributed by atoms with Crippen LogP contribution < -0.4 is 10.3 Å². The van der Waals surface area contributed by atoms with E-state index in [-0.39, 0.29) is 15.3 Å². The Morgan fingerprint density at radius 3 is 2.00 bits per heavy atom. The highest BCUT2D eigenvalue weighted by atomic mass is 32.2. The molecule has 2 heterocycles. The average molecular weight is 640 g/mol. The van der Waals surface area contributed by atoms with E-state index >= 15 is 0 Å². The molecule has 0 fully saturated rings. The Labute approximate surface area is 250 Å². The van der Waals surface area contributed by atoms with Crippen molar-refractivity contribution < 1.29 is 25.8 Å². The molecule has 0 atom stereocenters. The molecule has 0 bridgehead atoms. The Morgan fingerprint density at radius 1 is 0.767 bits per heavy atom. The van der Waals surface area contributed by atoms with Crippen LogP contribution in [0.5, 0.6) is 11.5 Å². The lowest BCUT2D eigenvalue weighted by atomic mass is 10.0. The van der Waals surface area contributed by atoms with Crippen molar-refractivity contribution in [1.29, 1.82) is 0 Å². The van der Waals surface area contributed by atoms with Gasteiger partial charge in [0.15, 0.2) is 9.84 Å². The molecule has 10 nitrogen and oxygen atoms in total.